The van der Waals surface area contributed by atoms with Crippen LogP contribution in [0, 0.1) is 30.9 Å². The van der Waals surface area contributed by atoms with Gasteiger partial charge in [-0.2, -0.15) is 0 Å². The third-order valence-corrected chi connectivity index (χ3v) is 5.30. The minimum absolute atomic E-state index is 0.100. The summed E-state index contributed by atoms with van der Waals surface area (Å²) in [6, 6.07) is 9.65. The molecule has 9 heteroatoms. The van der Waals surface area contributed by atoms with Gasteiger partial charge in [0.1, 0.15) is 6.54 Å². The Bertz CT molecular complexity index is 982. The van der Waals surface area contributed by atoms with E-state index in [1.165, 1.54) is 25.1 Å². The minimum atomic E-state index is -3.84. The molecule has 0 aromatic heterocycles. The van der Waals surface area contributed by atoms with Gasteiger partial charge in [0.2, 0.25) is 15.9 Å². The molecule has 0 unspecified atom stereocenters. The van der Waals surface area contributed by atoms with Crippen LogP contribution in [0.3, 0.4) is 0 Å². The van der Waals surface area contributed by atoms with Gasteiger partial charge in [0, 0.05) is 11.8 Å². The summed E-state index contributed by atoms with van der Waals surface area (Å²) in [6.07, 6.45) is 0.956. The molecule has 2 rings (SSSR count). The molecule has 0 saturated carbocycles. The highest BCUT2D eigenvalue weighted by atomic mass is 32.2. The van der Waals surface area contributed by atoms with E-state index < -0.39 is 27.4 Å². The van der Waals surface area contributed by atoms with Crippen molar-refractivity contribution in [3.05, 3.63) is 63.2 Å². The number of nitrogens with one attached hydrogen (secondary N) is 1. The number of nitro groups is 1. The first-order valence-electron chi connectivity index (χ1n) is 8.10. The van der Waals surface area contributed by atoms with Crippen molar-refractivity contribution in [1.29, 1.82) is 0 Å². The Kier molecular flexibility index (Phi) is 5.85. The van der Waals surface area contributed by atoms with Gasteiger partial charge < -0.3 is 5.32 Å². The second-order valence-corrected chi connectivity index (χ2v) is 8.17. The van der Waals surface area contributed by atoms with Gasteiger partial charge in [-0.15, -0.1) is 0 Å². The van der Waals surface area contributed by atoms with E-state index in [1.54, 1.807) is 0 Å². The molecule has 0 aliphatic carbocycles. The molecular formula is C18H21N3O5S. The van der Waals surface area contributed by atoms with Crippen molar-refractivity contribution < 1.29 is 18.1 Å². The lowest BCUT2D eigenvalue weighted by Gasteiger charge is -2.24. The maximum Gasteiger partial charge on any atom is 0.274 e. The Balaban J connectivity index is 2.38. The summed E-state index contributed by atoms with van der Waals surface area (Å²) in [5.74, 6) is -0.538. The van der Waals surface area contributed by atoms with Crippen LogP contribution in [-0.2, 0) is 14.8 Å². The number of rotatable bonds is 6. The molecule has 0 atom stereocenters. The molecule has 8 nitrogen and oxygen atoms in total. The van der Waals surface area contributed by atoms with E-state index in [2.05, 4.69) is 5.32 Å². The van der Waals surface area contributed by atoms with Crippen LogP contribution >= 0.6 is 0 Å². The SMILES string of the molecule is Cc1cccc(C)c1NC(=O)CN(c1cccc([N+](=O)[O-])c1C)S(C)(=O)=O. The number of amides is 1. The second kappa shape index (κ2) is 7.75. The molecule has 0 heterocycles. The van der Waals surface area contributed by atoms with E-state index >= 15 is 0 Å². The normalized spacial score (nSPS) is 11.1. The van der Waals surface area contributed by atoms with Crippen LogP contribution in [0.15, 0.2) is 36.4 Å². The molecule has 0 aliphatic rings. The lowest BCUT2D eigenvalue weighted by Crippen LogP contribution is -2.38. The van der Waals surface area contributed by atoms with Crippen LogP contribution in [-0.4, -0.2) is 32.0 Å². The number of aryl methyl sites for hydroxylation is 2. The molecule has 1 N–H and O–H groups in total. The fourth-order valence-electron chi connectivity index (χ4n) is 2.78. The lowest BCUT2D eigenvalue weighted by atomic mass is 10.1. The molecule has 2 aromatic rings. The summed E-state index contributed by atoms with van der Waals surface area (Å²) in [7, 11) is -3.84. The molecule has 0 fully saturated rings. The zero-order valence-electron chi connectivity index (χ0n) is 15.5. The number of anilines is 2. The second-order valence-electron chi connectivity index (χ2n) is 6.26. The number of para-hydroxylation sites is 1. The largest absolute Gasteiger partial charge is 0.324 e. The van der Waals surface area contributed by atoms with E-state index in [4.69, 9.17) is 0 Å². The third kappa shape index (κ3) is 4.62. The number of carbonyl (C=O) groups excluding carboxylic acids is 1. The lowest BCUT2D eigenvalue weighted by molar-refractivity contribution is -0.385. The highest BCUT2D eigenvalue weighted by Gasteiger charge is 2.26. The Morgan fingerprint density at radius 1 is 1.11 bits per heavy atom. The topological polar surface area (TPSA) is 110 Å². The molecule has 0 radical (unpaired) electrons. The van der Waals surface area contributed by atoms with Crippen molar-refractivity contribution in [2.75, 3.05) is 22.4 Å². The number of nitrogens with zero attached hydrogens (tertiary/aromatic N) is 2. The van der Waals surface area contributed by atoms with E-state index in [0.29, 0.717) is 5.69 Å². The Morgan fingerprint density at radius 2 is 1.67 bits per heavy atom. The number of hydrogen-bond acceptors (Lipinski definition) is 5. The van der Waals surface area contributed by atoms with Gasteiger partial charge in [-0.05, 0) is 38.0 Å². The summed E-state index contributed by atoms with van der Waals surface area (Å²) in [4.78, 5) is 23.1. The van der Waals surface area contributed by atoms with E-state index in [-0.39, 0.29) is 16.9 Å². The summed E-state index contributed by atoms with van der Waals surface area (Å²) in [5, 5.41) is 13.9. The molecule has 2 aromatic carbocycles. The quantitative estimate of drug-likeness (QED) is 0.601. The summed E-state index contributed by atoms with van der Waals surface area (Å²) >= 11 is 0. The number of benzene rings is 2. The third-order valence-electron chi connectivity index (χ3n) is 4.18. The van der Waals surface area contributed by atoms with Crippen molar-refractivity contribution in [1.82, 2.24) is 0 Å². The van der Waals surface area contributed by atoms with Crippen LogP contribution in [0.2, 0.25) is 0 Å². The molecule has 0 spiro atoms. The van der Waals surface area contributed by atoms with Crippen LogP contribution in [0.4, 0.5) is 17.1 Å². The number of nitro benzene ring substituents is 1. The molecule has 144 valence electrons. The average Bonchev–Trinajstić information content (AvgIpc) is 2.55. The van der Waals surface area contributed by atoms with Gasteiger partial charge in [-0.25, -0.2) is 8.42 Å². The first-order chi connectivity index (χ1) is 12.5. The Hall–Kier alpha value is -2.94. The highest BCUT2D eigenvalue weighted by Crippen LogP contribution is 2.30. The summed E-state index contributed by atoms with van der Waals surface area (Å²) in [5.41, 5.74) is 2.38. The predicted molar refractivity (Wildman–Crippen MR) is 105 cm³/mol. The monoisotopic (exact) mass is 391 g/mol. The van der Waals surface area contributed by atoms with Crippen LogP contribution in [0.25, 0.3) is 0 Å². The van der Waals surface area contributed by atoms with Crippen molar-refractivity contribution in [3.63, 3.8) is 0 Å². The molecule has 0 bridgehead atoms. The van der Waals surface area contributed by atoms with Gasteiger partial charge in [-0.3, -0.25) is 19.2 Å². The van der Waals surface area contributed by atoms with Crippen LogP contribution in [0.1, 0.15) is 16.7 Å². The number of carbonyl (C=O) groups is 1. The standard InChI is InChI=1S/C18H21N3O5S/c1-12-7-5-8-13(2)18(12)19-17(22)11-20(27(4,25)26)15-9-6-10-16(14(15)3)21(23)24/h5-10H,11H2,1-4H3,(H,19,22). The Labute approximate surface area is 158 Å². The number of hydrogen-bond donors (Lipinski definition) is 1. The van der Waals surface area contributed by atoms with Gasteiger partial charge in [-0.1, -0.05) is 24.3 Å². The van der Waals surface area contributed by atoms with Crippen molar-refractivity contribution in [2.45, 2.75) is 20.8 Å². The maximum atomic E-state index is 12.5. The fraction of sp³-hybridized carbons (Fsp3) is 0.278. The Morgan fingerprint density at radius 3 is 2.19 bits per heavy atom. The van der Waals surface area contributed by atoms with Gasteiger partial charge in [0.25, 0.3) is 5.69 Å². The average molecular weight is 391 g/mol. The molecule has 27 heavy (non-hydrogen) atoms. The summed E-state index contributed by atoms with van der Waals surface area (Å²) in [6.45, 7) is 4.63. The zero-order valence-corrected chi connectivity index (χ0v) is 16.3. The number of sulfonamides is 1. The molecular weight excluding hydrogens is 370 g/mol. The van der Waals surface area contributed by atoms with Crippen molar-refractivity contribution in [2.24, 2.45) is 0 Å². The zero-order chi connectivity index (χ0) is 20.4. The van der Waals surface area contributed by atoms with Gasteiger partial charge in [0.05, 0.1) is 22.4 Å². The summed E-state index contributed by atoms with van der Waals surface area (Å²) < 4.78 is 25.4. The van der Waals surface area contributed by atoms with Crippen LogP contribution in [0.5, 0.6) is 0 Å². The van der Waals surface area contributed by atoms with Gasteiger partial charge >= 0.3 is 0 Å². The predicted octanol–water partition coefficient (Wildman–Crippen LogP) is 2.92. The van der Waals surface area contributed by atoms with Gasteiger partial charge in [0.15, 0.2) is 0 Å². The van der Waals surface area contributed by atoms with Crippen molar-refractivity contribution >= 4 is 33.0 Å². The van der Waals surface area contributed by atoms with E-state index in [1.807, 2.05) is 32.0 Å². The first kappa shape index (κ1) is 20.4. The molecule has 1 amide bonds. The first-order valence-corrected chi connectivity index (χ1v) is 9.95. The van der Waals surface area contributed by atoms with E-state index in [9.17, 15) is 23.3 Å². The smallest absolute Gasteiger partial charge is 0.274 e. The fourth-order valence-corrected chi connectivity index (χ4v) is 3.69. The van der Waals surface area contributed by atoms with Crippen molar-refractivity contribution in [3.8, 4) is 0 Å². The maximum absolute atomic E-state index is 12.5. The van der Waals surface area contributed by atoms with E-state index in [0.717, 1.165) is 21.7 Å². The molecule has 0 saturated heterocycles. The highest BCUT2D eigenvalue weighted by molar-refractivity contribution is 7.92. The molecule has 0 aliphatic heterocycles. The minimum Gasteiger partial charge on any atom is -0.324 e. The van der Waals surface area contributed by atoms with Crippen LogP contribution < -0.4 is 9.62 Å².